The van der Waals surface area contributed by atoms with Crippen molar-refractivity contribution < 1.29 is 35.1 Å². The van der Waals surface area contributed by atoms with Gasteiger partial charge in [0.2, 0.25) is 5.82 Å². The minimum Gasteiger partial charge on any atom is -0.239 e. The second-order valence-corrected chi connectivity index (χ2v) is 13.0. The smallest absolute Gasteiger partial charge is 0.200 e. The molecule has 0 spiro atoms. The first-order chi connectivity index (χ1) is 24.8. The Kier molecular flexibility index (Phi) is 8.14. The van der Waals surface area contributed by atoms with Crippen LogP contribution >= 0.6 is 9.24 Å². The number of benzene rings is 3. The minimum absolute atomic E-state index is 0.0609. The van der Waals surface area contributed by atoms with Crippen LogP contribution < -0.4 is 0 Å². The molecular weight excluding hydrogens is 707 g/mol. The number of rotatable bonds is 2. The highest BCUT2D eigenvalue weighted by Gasteiger charge is 2.42. The molecule has 5 unspecified atom stereocenters. The van der Waals surface area contributed by atoms with E-state index in [1.807, 2.05) is 12.1 Å². The van der Waals surface area contributed by atoms with Gasteiger partial charge in [0.1, 0.15) is 47.1 Å². The summed E-state index contributed by atoms with van der Waals surface area (Å²) in [5, 5.41) is 39.8. The lowest BCUT2D eigenvalue weighted by Crippen LogP contribution is -2.20. The fraction of sp³-hybridized carbons (Fsp3) is 0.128. The van der Waals surface area contributed by atoms with E-state index in [1.165, 1.54) is 37.3 Å². The van der Waals surface area contributed by atoms with Gasteiger partial charge in [-0.25, -0.2) is 35.1 Å². The third-order valence-corrected chi connectivity index (χ3v) is 10.7. The molecule has 0 radical (unpaired) electrons. The highest BCUT2D eigenvalue weighted by Crippen LogP contribution is 2.57. The zero-order chi connectivity index (χ0) is 37.5. The van der Waals surface area contributed by atoms with Gasteiger partial charge in [-0.05, 0) is 73.6 Å². The van der Waals surface area contributed by atoms with Gasteiger partial charge in [0.15, 0.2) is 29.4 Å². The predicted molar refractivity (Wildman–Crippen MR) is 177 cm³/mol. The summed E-state index contributed by atoms with van der Waals surface area (Å²) < 4.78 is 118. The van der Waals surface area contributed by atoms with Crippen molar-refractivity contribution in [3.05, 3.63) is 139 Å². The topological polar surface area (TPSA) is 95.2 Å². The molecule has 5 atom stereocenters. The SMILES string of the molecule is CC1C(P)=C(F)C(c2ccc3c(c2)C(=C(C#N)C#N)c2cc4c(cc2-3)C(=C(C#N)C#N)C2C=C(c3c(F)c(F)c(F)c(F)c3F)C=CC42)=C(F)C1F. The van der Waals surface area contributed by atoms with E-state index >= 15 is 8.78 Å². The van der Waals surface area contributed by atoms with Gasteiger partial charge in [0.25, 0.3) is 0 Å². The van der Waals surface area contributed by atoms with Crippen molar-refractivity contribution in [3.8, 4) is 35.4 Å². The number of halogens is 8. The number of hydrogen-bond acceptors (Lipinski definition) is 4. The van der Waals surface area contributed by atoms with Gasteiger partial charge in [-0.3, -0.25) is 0 Å². The molecule has 3 aromatic carbocycles. The van der Waals surface area contributed by atoms with Crippen LogP contribution in [0, 0.1) is 86.2 Å². The van der Waals surface area contributed by atoms with Crippen LogP contribution in [-0.2, 0) is 0 Å². The van der Waals surface area contributed by atoms with Crippen molar-refractivity contribution in [2.75, 3.05) is 0 Å². The van der Waals surface area contributed by atoms with Gasteiger partial charge >= 0.3 is 0 Å². The zero-order valence-electron chi connectivity index (χ0n) is 26.3. The molecule has 0 aromatic heterocycles. The monoisotopic (exact) mass is 724 g/mol. The van der Waals surface area contributed by atoms with Gasteiger partial charge < -0.3 is 0 Å². The summed E-state index contributed by atoms with van der Waals surface area (Å²) in [7, 11) is 2.09. The lowest BCUT2D eigenvalue weighted by Gasteiger charge is -2.25. The molecule has 52 heavy (non-hydrogen) atoms. The number of nitrogens with zero attached hydrogens (tertiary/aromatic N) is 4. The molecule has 0 saturated carbocycles. The number of fused-ring (bicyclic) bond motifs is 6. The van der Waals surface area contributed by atoms with Crippen molar-refractivity contribution in [2.45, 2.75) is 19.0 Å². The summed E-state index contributed by atoms with van der Waals surface area (Å²) in [4.78, 5) is 0. The van der Waals surface area contributed by atoms with E-state index in [2.05, 4.69) is 9.24 Å². The molecular formula is C39H17F8N4P. The van der Waals surface area contributed by atoms with E-state index < -0.39 is 81.4 Å². The van der Waals surface area contributed by atoms with E-state index in [9.17, 15) is 47.4 Å². The van der Waals surface area contributed by atoms with Crippen LogP contribution in [0.3, 0.4) is 0 Å². The molecule has 0 bridgehead atoms. The van der Waals surface area contributed by atoms with E-state index in [-0.39, 0.29) is 38.7 Å². The van der Waals surface area contributed by atoms with Crippen LogP contribution in [0.25, 0.3) is 33.4 Å². The fourth-order valence-electron chi connectivity index (χ4n) is 7.37. The van der Waals surface area contributed by atoms with Crippen molar-refractivity contribution in [3.63, 3.8) is 0 Å². The zero-order valence-corrected chi connectivity index (χ0v) is 27.5. The Labute approximate surface area is 292 Å². The number of allylic oxidation sites excluding steroid dienone is 11. The van der Waals surface area contributed by atoms with E-state index in [0.717, 1.165) is 6.08 Å². The first-order valence-corrected chi connectivity index (χ1v) is 15.9. The van der Waals surface area contributed by atoms with Crippen LogP contribution in [0.5, 0.6) is 0 Å². The van der Waals surface area contributed by atoms with E-state index in [4.69, 9.17) is 0 Å². The van der Waals surface area contributed by atoms with Gasteiger partial charge in [-0.15, -0.1) is 9.24 Å². The van der Waals surface area contributed by atoms with Gasteiger partial charge in [-0.2, -0.15) is 21.0 Å². The second-order valence-electron chi connectivity index (χ2n) is 12.4. The first kappa shape index (κ1) is 34.4. The number of nitriles is 4. The Bertz CT molecular complexity index is 2540. The maximum atomic E-state index is 15.5. The average Bonchev–Trinajstić information content (AvgIpc) is 3.63. The number of hydrogen-bond donors (Lipinski definition) is 0. The molecule has 0 aliphatic heterocycles. The van der Waals surface area contributed by atoms with Crippen LogP contribution in [0.4, 0.5) is 35.1 Å². The average molecular weight is 725 g/mol. The molecule has 0 fully saturated rings. The Hall–Kier alpha value is -6.07. The summed E-state index contributed by atoms with van der Waals surface area (Å²) in [6.07, 6.45) is 1.65. The Morgan fingerprint density at radius 3 is 1.90 bits per heavy atom. The van der Waals surface area contributed by atoms with Gasteiger partial charge in [0.05, 0.1) is 11.1 Å². The third kappa shape index (κ3) is 4.65. The molecule has 4 nitrogen and oxygen atoms in total. The molecule has 4 aliphatic rings. The summed E-state index contributed by atoms with van der Waals surface area (Å²) in [6.45, 7) is 1.34. The highest BCUT2D eigenvalue weighted by molar-refractivity contribution is 7.22. The van der Waals surface area contributed by atoms with E-state index in [1.54, 1.807) is 24.3 Å². The maximum absolute atomic E-state index is 15.5. The third-order valence-electron chi connectivity index (χ3n) is 9.89. The standard InChI is InChI=1S/C39H17F8N4P/c1-14-31(40)32(41)30(35(44)39(14)52)16-3-5-20-22-9-25-21(8-26(22)28(24(20)7-16)18(12-50)13-51)19-4-2-15(6-23(19)27(25)17(10-48)11-49)29-33(42)36(45)38(47)37(46)34(29)43/h2-9,14,19,23,31H,52H2,1H3. The summed E-state index contributed by atoms with van der Waals surface area (Å²) >= 11 is 0. The fourth-order valence-corrected chi connectivity index (χ4v) is 7.68. The molecule has 0 heterocycles. The predicted octanol–water partition coefficient (Wildman–Crippen LogP) is 10.1. The molecule has 7 rings (SSSR count). The van der Waals surface area contributed by atoms with Gasteiger partial charge in [0, 0.05) is 23.3 Å². The Balaban J connectivity index is 1.46. The minimum atomic E-state index is -2.33. The second kappa shape index (κ2) is 12.3. The van der Waals surface area contributed by atoms with Crippen LogP contribution in [-0.4, -0.2) is 6.17 Å². The van der Waals surface area contributed by atoms with E-state index in [0.29, 0.717) is 27.8 Å². The summed E-state index contributed by atoms with van der Waals surface area (Å²) in [5.74, 6) is -15.9. The first-order valence-electron chi connectivity index (χ1n) is 15.3. The summed E-state index contributed by atoms with van der Waals surface area (Å²) in [6, 6.07) is 14.6. The lowest BCUT2D eigenvalue weighted by atomic mass is 9.81. The van der Waals surface area contributed by atoms with Crippen molar-refractivity contribution >= 4 is 31.5 Å². The largest absolute Gasteiger partial charge is 0.239 e. The summed E-state index contributed by atoms with van der Waals surface area (Å²) in [5.41, 5.74) is -0.798. The molecule has 13 heteroatoms. The number of alkyl halides is 1. The molecule has 0 N–H and O–H groups in total. The Morgan fingerprint density at radius 1 is 0.692 bits per heavy atom. The van der Waals surface area contributed by atoms with Gasteiger partial charge in [-0.1, -0.05) is 37.3 Å². The maximum Gasteiger partial charge on any atom is 0.200 e. The molecule has 4 aliphatic carbocycles. The molecule has 0 amide bonds. The Morgan fingerprint density at radius 2 is 1.29 bits per heavy atom. The lowest BCUT2D eigenvalue weighted by molar-refractivity contribution is 0.266. The quantitative estimate of drug-likeness (QED) is 0.0676. The van der Waals surface area contributed by atoms with Crippen molar-refractivity contribution in [2.24, 2.45) is 11.8 Å². The molecule has 3 aromatic rings. The highest BCUT2D eigenvalue weighted by atomic mass is 31.0. The molecule has 254 valence electrons. The van der Waals surface area contributed by atoms with Crippen molar-refractivity contribution in [1.29, 1.82) is 21.0 Å². The van der Waals surface area contributed by atoms with Crippen LogP contribution in [0.1, 0.15) is 46.2 Å². The molecule has 0 saturated heterocycles. The van der Waals surface area contributed by atoms with Crippen molar-refractivity contribution in [1.82, 2.24) is 0 Å². The normalized spacial score (nSPS) is 21.0. The van der Waals surface area contributed by atoms with Crippen LogP contribution in [0.15, 0.2) is 76.7 Å². The van der Waals surface area contributed by atoms with Crippen LogP contribution in [0.2, 0.25) is 0 Å².